The maximum atomic E-state index is 13.4. The molecule has 0 unspecified atom stereocenters. The van der Waals surface area contributed by atoms with E-state index < -0.39 is 28.4 Å². The first-order valence-electron chi connectivity index (χ1n) is 9.22. The summed E-state index contributed by atoms with van der Waals surface area (Å²) in [7, 11) is -4.03. The second-order valence-electron chi connectivity index (χ2n) is 6.76. The Morgan fingerprint density at radius 2 is 1.58 bits per heavy atom. The predicted molar refractivity (Wildman–Crippen MR) is 123 cm³/mol. The first kappa shape index (κ1) is 22.5. The Bertz CT molecular complexity index is 1210. The van der Waals surface area contributed by atoms with Crippen molar-refractivity contribution in [3.8, 4) is 0 Å². The maximum absolute atomic E-state index is 13.4. The fourth-order valence-electron chi connectivity index (χ4n) is 2.89. The lowest BCUT2D eigenvalue weighted by Crippen LogP contribution is -2.38. The van der Waals surface area contributed by atoms with Gasteiger partial charge in [0.05, 0.1) is 21.8 Å². The van der Waals surface area contributed by atoms with Crippen molar-refractivity contribution in [3.63, 3.8) is 0 Å². The number of rotatable bonds is 7. The molecule has 0 heterocycles. The SMILES string of the molecule is Cc1ccc(S(=O)(=O)N(CC(=O)Nc2ccccc2C(N)=O)c2ccc(Br)cc2)cc1. The Hall–Kier alpha value is -3.17. The molecule has 3 N–H and O–H groups in total. The molecule has 0 spiro atoms. The van der Waals surface area contributed by atoms with Gasteiger partial charge >= 0.3 is 0 Å². The van der Waals surface area contributed by atoms with Crippen LogP contribution in [0.15, 0.2) is 82.2 Å². The lowest BCUT2D eigenvalue weighted by molar-refractivity contribution is -0.114. The summed E-state index contributed by atoms with van der Waals surface area (Å²) >= 11 is 3.32. The minimum absolute atomic E-state index is 0.0614. The van der Waals surface area contributed by atoms with E-state index in [1.165, 1.54) is 24.3 Å². The average Bonchev–Trinajstić information content (AvgIpc) is 2.73. The van der Waals surface area contributed by atoms with E-state index in [1.807, 2.05) is 6.92 Å². The molecular weight excluding hydrogens is 482 g/mol. The van der Waals surface area contributed by atoms with Gasteiger partial charge in [0.1, 0.15) is 6.54 Å². The molecule has 0 aromatic heterocycles. The normalized spacial score (nSPS) is 11.0. The zero-order valence-electron chi connectivity index (χ0n) is 16.6. The molecular formula is C22H20BrN3O4S. The van der Waals surface area contributed by atoms with Gasteiger partial charge in [-0.3, -0.25) is 13.9 Å². The van der Waals surface area contributed by atoms with Crippen LogP contribution in [0.1, 0.15) is 15.9 Å². The molecule has 0 aliphatic rings. The number of carbonyl (C=O) groups is 2. The van der Waals surface area contributed by atoms with E-state index in [4.69, 9.17) is 5.73 Å². The highest BCUT2D eigenvalue weighted by Crippen LogP contribution is 2.26. The number of benzene rings is 3. The molecule has 0 radical (unpaired) electrons. The molecule has 0 aliphatic heterocycles. The van der Waals surface area contributed by atoms with Gasteiger partial charge in [0.2, 0.25) is 5.91 Å². The minimum atomic E-state index is -4.03. The van der Waals surface area contributed by atoms with E-state index >= 15 is 0 Å². The van der Waals surface area contributed by atoms with Crippen molar-refractivity contribution in [2.24, 2.45) is 5.73 Å². The second kappa shape index (κ2) is 9.32. The van der Waals surface area contributed by atoms with Gasteiger partial charge in [0.15, 0.2) is 0 Å². The van der Waals surface area contributed by atoms with Gasteiger partial charge in [0, 0.05) is 4.47 Å². The number of sulfonamides is 1. The van der Waals surface area contributed by atoms with E-state index in [0.717, 1.165) is 14.3 Å². The molecule has 0 saturated carbocycles. The number of nitrogens with one attached hydrogen (secondary N) is 1. The van der Waals surface area contributed by atoms with Crippen molar-refractivity contribution in [2.75, 3.05) is 16.2 Å². The lowest BCUT2D eigenvalue weighted by Gasteiger charge is -2.24. The summed E-state index contributed by atoms with van der Waals surface area (Å²) in [5.41, 5.74) is 6.93. The van der Waals surface area contributed by atoms with Crippen LogP contribution in [0.4, 0.5) is 11.4 Å². The summed E-state index contributed by atoms with van der Waals surface area (Å²) in [6.45, 7) is 1.36. The lowest BCUT2D eigenvalue weighted by atomic mass is 10.1. The van der Waals surface area contributed by atoms with Crippen molar-refractivity contribution in [1.29, 1.82) is 0 Å². The van der Waals surface area contributed by atoms with Crippen LogP contribution in [0.25, 0.3) is 0 Å². The number of nitrogens with zero attached hydrogens (tertiary/aromatic N) is 1. The van der Waals surface area contributed by atoms with Gasteiger partial charge in [-0.25, -0.2) is 8.42 Å². The summed E-state index contributed by atoms with van der Waals surface area (Å²) < 4.78 is 28.5. The number of anilines is 2. The third-order valence-electron chi connectivity index (χ3n) is 4.48. The number of nitrogens with two attached hydrogens (primary N) is 1. The number of amides is 2. The molecule has 7 nitrogen and oxygen atoms in total. The van der Waals surface area contributed by atoms with Gasteiger partial charge in [-0.05, 0) is 55.5 Å². The highest BCUT2D eigenvalue weighted by molar-refractivity contribution is 9.10. The number of hydrogen-bond acceptors (Lipinski definition) is 4. The standard InChI is InChI=1S/C22H20BrN3O4S/c1-15-6-12-18(13-7-15)31(29,30)26(17-10-8-16(23)9-11-17)14-21(27)25-20-5-3-2-4-19(20)22(24)28/h2-13H,14H2,1H3,(H2,24,28)(H,25,27). The molecule has 0 atom stereocenters. The summed E-state index contributed by atoms with van der Waals surface area (Å²) in [6, 6.07) is 19.2. The molecule has 2 amide bonds. The van der Waals surface area contributed by atoms with Crippen LogP contribution in [0.2, 0.25) is 0 Å². The third-order valence-corrected chi connectivity index (χ3v) is 6.79. The second-order valence-corrected chi connectivity index (χ2v) is 9.54. The highest BCUT2D eigenvalue weighted by Gasteiger charge is 2.27. The first-order chi connectivity index (χ1) is 14.7. The van der Waals surface area contributed by atoms with Crippen molar-refractivity contribution in [1.82, 2.24) is 0 Å². The molecule has 9 heteroatoms. The van der Waals surface area contributed by atoms with Crippen LogP contribution in [0.3, 0.4) is 0 Å². The molecule has 3 aromatic carbocycles. The van der Waals surface area contributed by atoms with Crippen LogP contribution in [-0.4, -0.2) is 26.8 Å². The highest BCUT2D eigenvalue weighted by atomic mass is 79.9. The Morgan fingerprint density at radius 3 is 2.19 bits per heavy atom. The zero-order chi connectivity index (χ0) is 22.6. The quantitative estimate of drug-likeness (QED) is 0.514. The summed E-state index contributed by atoms with van der Waals surface area (Å²) in [5, 5.41) is 2.58. The predicted octanol–water partition coefficient (Wildman–Crippen LogP) is 3.69. The maximum Gasteiger partial charge on any atom is 0.264 e. The molecule has 0 aliphatic carbocycles. The van der Waals surface area contributed by atoms with Gasteiger partial charge in [-0.15, -0.1) is 0 Å². The van der Waals surface area contributed by atoms with Crippen LogP contribution in [-0.2, 0) is 14.8 Å². The molecule has 31 heavy (non-hydrogen) atoms. The Labute approximate surface area is 189 Å². The Morgan fingerprint density at radius 1 is 0.968 bits per heavy atom. The number of aryl methyl sites for hydroxylation is 1. The number of carbonyl (C=O) groups excluding carboxylic acids is 2. The minimum Gasteiger partial charge on any atom is -0.366 e. The third kappa shape index (κ3) is 5.31. The van der Waals surface area contributed by atoms with E-state index in [2.05, 4.69) is 21.2 Å². The largest absolute Gasteiger partial charge is 0.366 e. The molecule has 0 bridgehead atoms. The van der Waals surface area contributed by atoms with Crippen LogP contribution in [0, 0.1) is 6.92 Å². The number of para-hydroxylation sites is 1. The first-order valence-corrected chi connectivity index (χ1v) is 11.5. The van der Waals surface area contributed by atoms with E-state index in [-0.39, 0.29) is 16.1 Å². The summed E-state index contributed by atoms with van der Waals surface area (Å²) in [6.07, 6.45) is 0. The zero-order valence-corrected chi connectivity index (χ0v) is 19.0. The molecule has 160 valence electrons. The van der Waals surface area contributed by atoms with Crippen LogP contribution in [0.5, 0.6) is 0 Å². The van der Waals surface area contributed by atoms with Crippen LogP contribution >= 0.6 is 15.9 Å². The molecule has 0 fully saturated rings. The van der Waals surface area contributed by atoms with Gasteiger partial charge in [0.25, 0.3) is 15.9 Å². The smallest absolute Gasteiger partial charge is 0.264 e. The number of hydrogen-bond donors (Lipinski definition) is 2. The van der Waals surface area contributed by atoms with Crippen molar-refractivity contribution in [2.45, 2.75) is 11.8 Å². The fourth-order valence-corrected chi connectivity index (χ4v) is 4.57. The van der Waals surface area contributed by atoms with Gasteiger partial charge < -0.3 is 11.1 Å². The van der Waals surface area contributed by atoms with Crippen molar-refractivity contribution >= 4 is 49.1 Å². The molecule has 0 saturated heterocycles. The van der Waals surface area contributed by atoms with Crippen LogP contribution < -0.4 is 15.4 Å². The van der Waals surface area contributed by atoms with E-state index in [1.54, 1.807) is 48.5 Å². The van der Waals surface area contributed by atoms with E-state index in [9.17, 15) is 18.0 Å². The number of primary amides is 1. The fraction of sp³-hybridized carbons (Fsp3) is 0.0909. The van der Waals surface area contributed by atoms with E-state index in [0.29, 0.717) is 5.69 Å². The summed E-state index contributed by atoms with van der Waals surface area (Å²) in [5.74, 6) is -1.32. The molecule has 3 aromatic rings. The van der Waals surface area contributed by atoms with Gasteiger partial charge in [-0.2, -0.15) is 0 Å². The van der Waals surface area contributed by atoms with Crippen molar-refractivity contribution < 1.29 is 18.0 Å². The number of halogens is 1. The summed E-state index contributed by atoms with van der Waals surface area (Å²) in [4.78, 5) is 24.5. The monoisotopic (exact) mass is 501 g/mol. The molecule has 3 rings (SSSR count). The Balaban J connectivity index is 1.96. The van der Waals surface area contributed by atoms with Gasteiger partial charge in [-0.1, -0.05) is 45.8 Å². The Kier molecular flexibility index (Phi) is 6.77. The average molecular weight is 502 g/mol. The topological polar surface area (TPSA) is 110 Å². The van der Waals surface area contributed by atoms with Crippen molar-refractivity contribution in [3.05, 3.63) is 88.4 Å².